The van der Waals surface area contributed by atoms with Crippen LogP contribution in [0.1, 0.15) is 11.3 Å². The van der Waals surface area contributed by atoms with Gasteiger partial charge in [-0.3, -0.25) is 0 Å². The second-order valence-corrected chi connectivity index (χ2v) is 13.3. The molecule has 0 spiro atoms. The van der Waals surface area contributed by atoms with Crippen molar-refractivity contribution in [2.24, 2.45) is 0 Å². The zero-order chi connectivity index (χ0) is 21.2. The number of nitrogens with one attached hydrogen (secondary N) is 1. The Kier molecular flexibility index (Phi) is 5.74. The summed E-state index contributed by atoms with van der Waals surface area (Å²) in [7, 11) is 0. The quantitative estimate of drug-likeness (QED) is 0.355. The van der Waals surface area contributed by atoms with Crippen LogP contribution in [0.4, 0.5) is 0 Å². The summed E-state index contributed by atoms with van der Waals surface area (Å²) in [6.07, 6.45) is 2.41. The van der Waals surface area contributed by atoms with Crippen molar-refractivity contribution in [1.29, 1.82) is 0 Å². The summed E-state index contributed by atoms with van der Waals surface area (Å²) in [6.45, 7) is 0. The third-order valence-corrected chi connectivity index (χ3v) is 10.5. The van der Waals surface area contributed by atoms with Gasteiger partial charge in [-0.1, -0.05) is 0 Å². The second kappa shape index (κ2) is 8.80. The summed E-state index contributed by atoms with van der Waals surface area (Å²) in [5.74, 6) is 0.751. The molecule has 2 aliphatic heterocycles. The van der Waals surface area contributed by atoms with E-state index in [1.165, 1.54) is 3.12 Å². The molecule has 4 nitrogen and oxygen atoms in total. The van der Waals surface area contributed by atoms with Gasteiger partial charge in [0, 0.05) is 0 Å². The molecule has 148 valence electrons. The van der Waals surface area contributed by atoms with Crippen LogP contribution in [0.25, 0.3) is 17.1 Å². The molecule has 0 amide bonds. The van der Waals surface area contributed by atoms with Crippen LogP contribution in [-0.4, -0.2) is 14.5 Å². The standard InChI is InChI=1S/C19H14N3O.C6H4Cl.Cd/c23-19-16(11-14-7-3-1-4-8-14)21-18-12-20-17(13-22(18)19)15-9-5-2-6-10-15;7-6-4-2-1-3-5-6;/h1-10,13,20H,11H2;2-5H;. The van der Waals surface area contributed by atoms with E-state index in [4.69, 9.17) is 16.6 Å². The molecule has 2 heterocycles. The molecule has 0 bridgehead atoms. The van der Waals surface area contributed by atoms with Crippen molar-refractivity contribution in [2.45, 2.75) is 6.42 Å². The van der Waals surface area contributed by atoms with Crippen LogP contribution in [0.15, 0.2) is 95.9 Å². The van der Waals surface area contributed by atoms with Gasteiger partial charge in [0.05, 0.1) is 0 Å². The molecule has 0 unspecified atom stereocenters. The average molecular weight is 524 g/mol. The van der Waals surface area contributed by atoms with E-state index in [0.717, 1.165) is 30.9 Å². The number of hydrogen-bond donors (Lipinski definition) is 1. The molecule has 3 aromatic carbocycles. The van der Waals surface area contributed by atoms with E-state index in [1.54, 1.807) is 4.57 Å². The van der Waals surface area contributed by atoms with Gasteiger partial charge in [0.1, 0.15) is 0 Å². The molecule has 0 saturated carbocycles. The summed E-state index contributed by atoms with van der Waals surface area (Å²) in [6, 6.07) is 28.1. The van der Waals surface area contributed by atoms with Crippen LogP contribution in [0.3, 0.4) is 0 Å². The predicted molar refractivity (Wildman–Crippen MR) is 121 cm³/mol. The number of aromatic amines is 1. The van der Waals surface area contributed by atoms with E-state index in [2.05, 4.69) is 17.1 Å². The number of hydrogen-bond acceptors (Lipinski definition) is 2. The molecule has 2 aliphatic rings. The van der Waals surface area contributed by atoms with Crippen LogP contribution >= 0.6 is 11.6 Å². The normalized spacial score (nSPS) is 10.9. The Hall–Kier alpha value is -2.71. The topological polar surface area (TPSA) is 50.7 Å². The van der Waals surface area contributed by atoms with E-state index < -0.39 is 24.2 Å². The van der Waals surface area contributed by atoms with Crippen molar-refractivity contribution >= 4 is 18.0 Å². The summed E-state index contributed by atoms with van der Waals surface area (Å²) >= 11 is 4.39. The van der Waals surface area contributed by atoms with Crippen LogP contribution < -0.4 is 11.9 Å². The Morgan fingerprint density at radius 1 is 0.903 bits per heavy atom. The van der Waals surface area contributed by atoms with E-state index in [1.807, 2.05) is 79.0 Å². The molecule has 0 aliphatic carbocycles. The maximum absolute atomic E-state index is 13.3. The maximum atomic E-state index is 13.3. The molecule has 6 heteroatoms. The zero-order valence-corrected chi connectivity index (χ0v) is 21.5. The van der Waals surface area contributed by atoms with Gasteiger partial charge in [-0.15, -0.1) is 0 Å². The Morgan fingerprint density at radius 2 is 1.58 bits per heavy atom. The summed E-state index contributed by atoms with van der Waals surface area (Å²) in [5, 5.41) is 0.731. The van der Waals surface area contributed by atoms with Crippen molar-refractivity contribution in [1.82, 2.24) is 14.5 Å². The first kappa shape index (κ1) is 20.2. The Bertz CT molecular complexity index is 1350. The van der Waals surface area contributed by atoms with Gasteiger partial charge in [0.2, 0.25) is 0 Å². The van der Waals surface area contributed by atoms with Crippen molar-refractivity contribution in [3.8, 4) is 17.1 Å². The van der Waals surface area contributed by atoms with Crippen LogP contribution in [0.2, 0.25) is 5.02 Å². The minimum atomic E-state index is -1.69. The fourth-order valence-electron chi connectivity index (χ4n) is 3.78. The van der Waals surface area contributed by atoms with Gasteiger partial charge < -0.3 is 0 Å². The number of halogens is 1. The molecule has 3 aromatic rings. The molecule has 1 N–H and O–H groups in total. The van der Waals surface area contributed by atoms with Gasteiger partial charge in [-0.25, -0.2) is 0 Å². The molecule has 0 atom stereocenters. The first-order valence-electron chi connectivity index (χ1n) is 10.1. The molecule has 0 fully saturated rings. The monoisotopic (exact) mass is 525 g/mol. The number of rotatable bonds is 5. The van der Waals surface area contributed by atoms with Crippen molar-refractivity contribution in [3.63, 3.8) is 0 Å². The molecule has 0 radical (unpaired) electrons. The second-order valence-electron chi connectivity index (χ2n) is 7.54. The van der Waals surface area contributed by atoms with Crippen LogP contribution in [0.5, 0.6) is 0 Å². The van der Waals surface area contributed by atoms with Crippen molar-refractivity contribution in [3.05, 3.63) is 118 Å². The molecular weight excluding hydrogens is 506 g/mol. The molecule has 5 rings (SSSR count). The Balaban J connectivity index is 1.64. The Morgan fingerprint density at radius 3 is 2.29 bits per heavy atom. The van der Waals surface area contributed by atoms with Crippen LogP contribution in [0, 0.1) is 0 Å². The summed E-state index contributed by atoms with van der Waals surface area (Å²) in [4.78, 5) is 21.7. The van der Waals surface area contributed by atoms with Gasteiger partial charge in [0.25, 0.3) is 0 Å². The molecule has 31 heavy (non-hydrogen) atoms. The molecular formula is C25H18CdClN3O. The van der Waals surface area contributed by atoms with E-state index in [0.29, 0.717) is 12.1 Å². The predicted octanol–water partition coefficient (Wildman–Crippen LogP) is 3.94. The van der Waals surface area contributed by atoms with Gasteiger partial charge in [0.15, 0.2) is 0 Å². The first-order chi connectivity index (χ1) is 15.2. The number of aromatic nitrogens is 3. The van der Waals surface area contributed by atoms with Crippen molar-refractivity contribution < 1.29 is 24.2 Å². The van der Waals surface area contributed by atoms with Crippen molar-refractivity contribution in [2.75, 3.05) is 0 Å². The third kappa shape index (κ3) is 4.36. The fraction of sp³-hybridized carbons (Fsp3) is 0.0400. The SMILES string of the molecule is O=c1c(Cc2ccccc2)nc2[c]([Cd][c]3ccc(Cl)cc3)[nH]c(-c3ccccc3)cn1-2. The zero-order valence-electron chi connectivity index (χ0n) is 16.8. The molecule has 0 saturated heterocycles. The van der Waals surface area contributed by atoms with Gasteiger partial charge in [-0.05, 0) is 0 Å². The number of imidazole rings is 1. The van der Waals surface area contributed by atoms with E-state index >= 15 is 0 Å². The minimum absolute atomic E-state index is 0.0475. The molecule has 0 aromatic heterocycles. The number of H-pyrrole nitrogens is 1. The van der Waals surface area contributed by atoms with E-state index in [9.17, 15) is 4.79 Å². The first-order valence-corrected chi connectivity index (χ1v) is 14.6. The summed E-state index contributed by atoms with van der Waals surface area (Å²) < 4.78 is 4.12. The number of nitrogens with zero attached hydrogens (tertiary/aromatic N) is 2. The van der Waals surface area contributed by atoms with Gasteiger partial charge in [-0.2, -0.15) is 0 Å². The average Bonchev–Trinajstić information content (AvgIpc) is 3.12. The number of benzene rings is 3. The Labute approximate surface area is 197 Å². The third-order valence-electron chi connectivity index (χ3n) is 5.34. The van der Waals surface area contributed by atoms with Crippen LogP contribution in [-0.2, 0) is 30.7 Å². The van der Waals surface area contributed by atoms with Gasteiger partial charge >= 0.3 is 198 Å². The fourth-order valence-corrected chi connectivity index (χ4v) is 8.37. The summed E-state index contributed by atoms with van der Waals surface area (Å²) in [5.41, 5.74) is 3.58. The number of fused-ring (bicyclic) bond motifs is 1. The van der Waals surface area contributed by atoms with E-state index in [-0.39, 0.29) is 5.56 Å².